The number of halogens is 1. The average molecular weight is 330 g/mol. The maximum atomic E-state index is 12.9. The third-order valence-corrected chi connectivity index (χ3v) is 4.35. The molecule has 2 N–H and O–H groups in total. The molecule has 0 saturated heterocycles. The third-order valence-electron chi connectivity index (χ3n) is 3.25. The van der Waals surface area contributed by atoms with E-state index in [0.717, 1.165) is 21.1 Å². The number of aromatic nitrogens is 3. The molecule has 0 amide bonds. The van der Waals surface area contributed by atoms with Crippen LogP contribution in [-0.4, -0.2) is 15.0 Å². The van der Waals surface area contributed by atoms with Gasteiger partial charge in [0.1, 0.15) is 5.82 Å². The molecule has 3 rings (SSSR count). The number of thiazole rings is 1. The van der Waals surface area contributed by atoms with Gasteiger partial charge in [-0.2, -0.15) is 0 Å². The van der Waals surface area contributed by atoms with Crippen LogP contribution in [0.15, 0.2) is 35.1 Å². The highest BCUT2D eigenvalue weighted by molar-refractivity contribution is 7.15. The smallest absolute Gasteiger partial charge is 0.252 e. The van der Waals surface area contributed by atoms with Crippen LogP contribution in [0.3, 0.4) is 0 Å². The van der Waals surface area contributed by atoms with Crippen molar-refractivity contribution in [2.75, 3.05) is 5.32 Å². The largest absolute Gasteiger partial charge is 0.352 e. The Morgan fingerprint density at radius 3 is 2.61 bits per heavy atom. The summed E-state index contributed by atoms with van der Waals surface area (Å²) in [5.41, 5.74) is 2.11. The molecule has 0 unspecified atom stereocenters. The first-order valence-electron chi connectivity index (χ1n) is 7.05. The van der Waals surface area contributed by atoms with Gasteiger partial charge in [-0.3, -0.25) is 9.78 Å². The van der Waals surface area contributed by atoms with E-state index in [2.05, 4.69) is 20.3 Å². The fraction of sp³-hybridized carbons (Fsp3) is 0.188. The van der Waals surface area contributed by atoms with Crippen molar-refractivity contribution in [1.82, 2.24) is 15.0 Å². The molecule has 0 spiro atoms. The van der Waals surface area contributed by atoms with Crippen LogP contribution < -0.4 is 10.9 Å². The Morgan fingerprint density at radius 1 is 1.22 bits per heavy atom. The van der Waals surface area contributed by atoms with Gasteiger partial charge in [-0.1, -0.05) is 12.1 Å². The van der Waals surface area contributed by atoms with Crippen molar-refractivity contribution in [3.63, 3.8) is 0 Å². The molecule has 0 radical (unpaired) electrons. The maximum absolute atomic E-state index is 12.9. The Hall–Kier alpha value is -2.54. The number of anilines is 1. The molecule has 5 nitrogen and oxygen atoms in total. The molecular formula is C16H15FN4OS. The number of nitrogens with zero attached hydrogens (tertiary/aromatic N) is 2. The second kappa shape index (κ2) is 6.29. The van der Waals surface area contributed by atoms with Crippen LogP contribution in [0, 0.1) is 19.7 Å². The second-order valence-corrected chi connectivity index (χ2v) is 6.31. The van der Waals surface area contributed by atoms with E-state index in [9.17, 15) is 9.18 Å². The summed E-state index contributed by atoms with van der Waals surface area (Å²) < 4.78 is 12.9. The molecule has 0 fully saturated rings. The first kappa shape index (κ1) is 15.4. The molecule has 118 valence electrons. The van der Waals surface area contributed by atoms with Crippen molar-refractivity contribution >= 4 is 17.3 Å². The van der Waals surface area contributed by atoms with E-state index in [4.69, 9.17) is 0 Å². The van der Waals surface area contributed by atoms with Crippen LogP contribution >= 0.6 is 11.3 Å². The molecule has 0 aliphatic rings. The summed E-state index contributed by atoms with van der Waals surface area (Å²) in [6, 6.07) is 7.62. The maximum Gasteiger partial charge on any atom is 0.252 e. The molecule has 3 aromatic rings. The Bertz CT molecular complexity index is 886. The number of hydrogen-bond acceptors (Lipinski definition) is 5. The highest BCUT2D eigenvalue weighted by Gasteiger charge is 2.11. The lowest BCUT2D eigenvalue weighted by Crippen LogP contribution is -2.12. The van der Waals surface area contributed by atoms with E-state index in [1.165, 1.54) is 29.5 Å². The fourth-order valence-electron chi connectivity index (χ4n) is 2.21. The number of benzene rings is 1. The molecule has 0 aliphatic carbocycles. The minimum atomic E-state index is -0.279. The van der Waals surface area contributed by atoms with E-state index < -0.39 is 0 Å². The summed E-state index contributed by atoms with van der Waals surface area (Å²) >= 11 is 1.51. The van der Waals surface area contributed by atoms with Crippen LogP contribution in [0.2, 0.25) is 0 Å². The number of aryl methyl sites for hydroxylation is 2. The van der Waals surface area contributed by atoms with E-state index in [-0.39, 0.29) is 11.4 Å². The molecule has 0 bridgehead atoms. The number of H-pyrrole nitrogens is 1. The molecular weight excluding hydrogens is 315 g/mol. The zero-order chi connectivity index (χ0) is 16.4. The van der Waals surface area contributed by atoms with Crippen LogP contribution in [0.25, 0.3) is 10.6 Å². The lowest BCUT2D eigenvalue weighted by molar-refractivity contribution is 0.627. The quantitative estimate of drug-likeness (QED) is 0.770. The fourth-order valence-corrected chi connectivity index (χ4v) is 3.10. The molecule has 1 aromatic carbocycles. The number of nitrogens with one attached hydrogen (secondary N) is 2. The van der Waals surface area contributed by atoms with Gasteiger partial charge in [0.2, 0.25) is 5.95 Å². The highest BCUT2D eigenvalue weighted by Crippen LogP contribution is 2.27. The molecule has 2 aromatic heterocycles. The van der Waals surface area contributed by atoms with Gasteiger partial charge in [-0.25, -0.2) is 14.4 Å². The second-order valence-electron chi connectivity index (χ2n) is 5.11. The Morgan fingerprint density at radius 2 is 1.96 bits per heavy atom. The van der Waals surface area contributed by atoms with Crippen molar-refractivity contribution in [2.45, 2.75) is 20.4 Å². The third kappa shape index (κ3) is 3.62. The van der Waals surface area contributed by atoms with Crippen LogP contribution in [0.5, 0.6) is 0 Å². The summed E-state index contributed by atoms with van der Waals surface area (Å²) in [5, 5.41) is 3.98. The van der Waals surface area contributed by atoms with Gasteiger partial charge in [0.05, 0.1) is 21.3 Å². The van der Waals surface area contributed by atoms with Crippen molar-refractivity contribution in [3.8, 4) is 10.6 Å². The van der Waals surface area contributed by atoms with Crippen LogP contribution in [-0.2, 0) is 6.54 Å². The number of rotatable bonds is 4. The van der Waals surface area contributed by atoms with Gasteiger partial charge in [0.25, 0.3) is 5.56 Å². The van der Waals surface area contributed by atoms with Crippen LogP contribution in [0.1, 0.15) is 16.3 Å². The zero-order valence-corrected chi connectivity index (χ0v) is 13.5. The summed E-state index contributed by atoms with van der Waals surface area (Å²) in [4.78, 5) is 24.2. The van der Waals surface area contributed by atoms with Crippen molar-refractivity contribution in [2.24, 2.45) is 0 Å². The molecule has 7 heteroatoms. The molecule has 23 heavy (non-hydrogen) atoms. The topological polar surface area (TPSA) is 70.7 Å². The Kier molecular flexibility index (Phi) is 4.20. The van der Waals surface area contributed by atoms with E-state index in [1.807, 2.05) is 13.8 Å². The molecule has 0 atom stereocenters. The van der Waals surface area contributed by atoms with Gasteiger partial charge < -0.3 is 5.32 Å². The minimum absolute atomic E-state index is 0.234. The van der Waals surface area contributed by atoms with Crippen molar-refractivity contribution in [1.29, 1.82) is 0 Å². The molecule has 0 aliphatic heterocycles. The lowest BCUT2D eigenvalue weighted by atomic mass is 10.2. The van der Waals surface area contributed by atoms with Gasteiger partial charge in [0, 0.05) is 12.6 Å². The van der Waals surface area contributed by atoms with E-state index in [0.29, 0.717) is 18.2 Å². The first-order chi connectivity index (χ1) is 11.0. The number of hydrogen-bond donors (Lipinski definition) is 2. The van der Waals surface area contributed by atoms with E-state index >= 15 is 0 Å². The predicted octanol–water partition coefficient (Wildman–Crippen LogP) is 3.26. The summed E-state index contributed by atoms with van der Waals surface area (Å²) in [7, 11) is 0. The van der Waals surface area contributed by atoms with Gasteiger partial charge >= 0.3 is 0 Å². The summed E-state index contributed by atoms with van der Waals surface area (Å²) in [6.45, 7) is 4.25. The number of aromatic amines is 1. The standard InChI is InChI=1S/C16H15FN4OS/c1-9-15(23-10(2)19-9)13-7-14(22)21-16(20-13)18-8-11-3-5-12(17)6-4-11/h3-7H,8H2,1-2H3,(H2,18,20,21,22). The van der Waals surface area contributed by atoms with Crippen LogP contribution in [0.4, 0.5) is 10.3 Å². The molecule has 2 heterocycles. The summed E-state index contributed by atoms with van der Waals surface area (Å²) in [6.07, 6.45) is 0. The monoisotopic (exact) mass is 330 g/mol. The minimum Gasteiger partial charge on any atom is -0.352 e. The first-order valence-corrected chi connectivity index (χ1v) is 7.87. The van der Waals surface area contributed by atoms with Gasteiger partial charge in [0.15, 0.2) is 0 Å². The average Bonchev–Trinajstić information content (AvgIpc) is 2.85. The summed E-state index contributed by atoms with van der Waals surface area (Å²) in [5.74, 6) is 0.0978. The lowest BCUT2D eigenvalue weighted by Gasteiger charge is -2.07. The van der Waals surface area contributed by atoms with Crippen molar-refractivity contribution < 1.29 is 4.39 Å². The van der Waals surface area contributed by atoms with Crippen molar-refractivity contribution in [3.05, 3.63) is 62.8 Å². The van der Waals surface area contributed by atoms with E-state index in [1.54, 1.807) is 12.1 Å². The predicted molar refractivity (Wildman–Crippen MR) is 89.2 cm³/mol. The molecule has 0 saturated carbocycles. The zero-order valence-electron chi connectivity index (χ0n) is 12.7. The Labute approximate surface area is 136 Å². The SMILES string of the molecule is Cc1nc(C)c(-c2cc(=O)[nH]c(NCc3ccc(F)cc3)n2)s1. The normalized spacial score (nSPS) is 10.7. The Balaban J connectivity index is 1.84. The highest BCUT2D eigenvalue weighted by atomic mass is 32.1. The van der Waals surface area contributed by atoms with Gasteiger partial charge in [-0.15, -0.1) is 11.3 Å². The van der Waals surface area contributed by atoms with Gasteiger partial charge in [-0.05, 0) is 31.5 Å².